The molecule has 5 nitrogen and oxygen atoms in total. The standard InChI is InChI=1S/C16H29N3O2/c1-12(18-14(20)21-16(5,6)7)13-10-17-11-19(13)9-8-15(2,3)4/h10-12H,8-9H2,1-7H3,(H,18,20). The first-order chi connectivity index (χ1) is 9.48. The molecule has 1 unspecified atom stereocenters. The highest BCUT2D eigenvalue weighted by Gasteiger charge is 2.20. The van der Waals surface area contributed by atoms with Gasteiger partial charge in [0.2, 0.25) is 0 Å². The molecule has 0 bridgehead atoms. The minimum atomic E-state index is -0.490. The summed E-state index contributed by atoms with van der Waals surface area (Å²) < 4.78 is 7.37. The molecule has 0 aromatic carbocycles. The van der Waals surface area contributed by atoms with Crippen LogP contribution in [0.1, 0.15) is 66.6 Å². The van der Waals surface area contributed by atoms with E-state index in [2.05, 4.69) is 35.6 Å². The van der Waals surface area contributed by atoms with Gasteiger partial charge >= 0.3 is 6.09 Å². The highest BCUT2D eigenvalue weighted by molar-refractivity contribution is 5.68. The normalized spacial score (nSPS) is 13.9. The van der Waals surface area contributed by atoms with Crippen molar-refractivity contribution in [2.24, 2.45) is 5.41 Å². The molecule has 0 spiro atoms. The Labute approximate surface area is 128 Å². The van der Waals surface area contributed by atoms with E-state index in [4.69, 9.17) is 4.74 Å². The number of ether oxygens (including phenoxy) is 1. The molecule has 1 aromatic rings. The van der Waals surface area contributed by atoms with Crippen LogP contribution in [-0.4, -0.2) is 21.2 Å². The molecule has 120 valence electrons. The van der Waals surface area contributed by atoms with E-state index in [0.29, 0.717) is 0 Å². The number of hydrogen-bond donors (Lipinski definition) is 1. The molecule has 0 radical (unpaired) electrons. The molecule has 0 saturated heterocycles. The van der Waals surface area contributed by atoms with Crippen molar-refractivity contribution in [3.05, 3.63) is 18.2 Å². The Hall–Kier alpha value is -1.52. The molecule has 1 heterocycles. The molecule has 1 atom stereocenters. The quantitative estimate of drug-likeness (QED) is 0.916. The molecule has 21 heavy (non-hydrogen) atoms. The SMILES string of the molecule is CC(NC(=O)OC(C)(C)C)c1cncn1CCC(C)(C)C. The minimum Gasteiger partial charge on any atom is -0.444 e. The first kappa shape index (κ1) is 17.5. The van der Waals surface area contributed by atoms with Crippen molar-refractivity contribution < 1.29 is 9.53 Å². The van der Waals surface area contributed by atoms with Crippen LogP contribution in [-0.2, 0) is 11.3 Å². The summed E-state index contributed by atoms with van der Waals surface area (Å²) in [6.45, 7) is 15.0. The number of rotatable bonds is 4. The van der Waals surface area contributed by atoms with Crippen molar-refractivity contribution in [2.75, 3.05) is 0 Å². The second-order valence-corrected chi connectivity index (χ2v) is 7.69. The minimum absolute atomic E-state index is 0.137. The van der Waals surface area contributed by atoms with Crippen LogP contribution in [0.15, 0.2) is 12.5 Å². The number of amides is 1. The predicted molar refractivity (Wildman–Crippen MR) is 84.1 cm³/mol. The second kappa shape index (κ2) is 6.50. The Balaban J connectivity index is 2.65. The molecular weight excluding hydrogens is 266 g/mol. The summed E-state index contributed by atoms with van der Waals surface area (Å²) in [4.78, 5) is 16.0. The number of aryl methyl sites for hydroxylation is 1. The zero-order valence-corrected chi connectivity index (χ0v) is 14.4. The predicted octanol–water partition coefficient (Wildman–Crippen LogP) is 3.91. The molecular formula is C16H29N3O2. The first-order valence-corrected chi connectivity index (χ1v) is 7.47. The summed E-state index contributed by atoms with van der Waals surface area (Å²) in [6.07, 6.45) is 4.26. The Bertz CT molecular complexity index is 467. The highest BCUT2D eigenvalue weighted by atomic mass is 16.6. The van der Waals surface area contributed by atoms with Gasteiger partial charge in [0.05, 0.1) is 24.3 Å². The fourth-order valence-electron chi connectivity index (χ4n) is 1.89. The summed E-state index contributed by atoms with van der Waals surface area (Å²) in [5.74, 6) is 0. The van der Waals surface area contributed by atoms with E-state index in [1.165, 1.54) is 0 Å². The van der Waals surface area contributed by atoms with Gasteiger partial charge in [0, 0.05) is 6.54 Å². The Morgan fingerprint density at radius 2 is 1.95 bits per heavy atom. The largest absolute Gasteiger partial charge is 0.444 e. The van der Waals surface area contributed by atoms with Crippen LogP contribution in [0, 0.1) is 5.41 Å². The van der Waals surface area contributed by atoms with Gasteiger partial charge in [-0.2, -0.15) is 0 Å². The lowest BCUT2D eigenvalue weighted by molar-refractivity contribution is 0.0506. The van der Waals surface area contributed by atoms with Gasteiger partial charge in [-0.15, -0.1) is 0 Å². The fourth-order valence-corrected chi connectivity index (χ4v) is 1.89. The van der Waals surface area contributed by atoms with E-state index in [9.17, 15) is 4.79 Å². The lowest BCUT2D eigenvalue weighted by atomic mass is 9.92. The van der Waals surface area contributed by atoms with E-state index >= 15 is 0 Å². The zero-order chi connectivity index (χ0) is 16.3. The summed E-state index contributed by atoms with van der Waals surface area (Å²) in [7, 11) is 0. The lowest BCUT2D eigenvalue weighted by Crippen LogP contribution is -2.34. The molecule has 0 aliphatic heterocycles. The third kappa shape index (κ3) is 6.65. The van der Waals surface area contributed by atoms with Crippen LogP contribution in [0.5, 0.6) is 0 Å². The molecule has 1 N–H and O–H groups in total. The van der Waals surface area contributed by atoms with Gasteiger partial charge in [0.1, 0.15) is 5.60 Å². The third-order valence-corrected chi connectivity index (χ3v) is 3.02. The molecule has 0 fully saturated rings. The van der Waals surface area contributed by atoms with Crippen LogP contribution in [0.4, 0.5) is 4.79 Å². The number of nitrogens with zero attached hydrogens (tertiary/aromatic N) is 2. The van der Waals surface area contributed by atoms with E-state index < -0.39 is 11.7 Å². The number of nitrogens with one attached hydrogen (secondary N) is 1. The third-order valence-electron chi connectivity index (χ3n) is 3.02. The van der Waals surface area contributed by atoms with Crippen LogP contribution in [0.25, 0.3) is 0 Å². The summed E-state index contributed by atoms with van der Waals surface area (Å²) in [5, 5.41) is 2.85. The number of carbonyl (C=O) groups excluding carboxylic acids is 1. The lowest BCUT2D eigenvalue weighted by Gasteiger charge is -2.23. The molecule has 0 saturated carbocycles. The van der Waals surface area contributed by atoms with Gasteiger partial charge in [-0.3, -0.25) is 0 Å². The van der Waals surface area contributed by atoms with Gasteiger partial charge in [-0.1, -0.05) is 20.8 Å². The average molecular weight is 295 g/mol. The van der Waals surface area contributed by atoms with Crippen molar-refractivity contribution in [1.29, 1.82) is 0 Å². The smallest absolute Gasteiger partial charge is 0.408 e. The average Bonchev–Trinajstić information content (AvgIpc) is 2.70. The van der Waals surface area contributed by atoms with E-state index in [-0.39, 0.29) is 11.5 Å². The zero-order valence-electron chi connectivity index (χ0n) is 14.4. The van der Waals surface area contributed by atoms with E-state index in [1.807, 2.05) is 34.0 Å². The van der Waals surface area contributed by atoms with Crippen LogP contribution < -0.4 is 5.32 Å². The second-order valence-electron chi connectivity index (χ2n) is 7.69. The van der Waals surface area contributed by atoms with Crippen LogP contribution >= 0.6 is 0 Å². The Morgan fingerprint density at radius 1 is 1.33 bits per heavy atom. The molecule has 1 rings (SSSR count). The van der Waals surface area contributed by atoms with Crippen LogP contribution in [0.3, 0.4) is 0 Å². The first-order valence-electron chi connectivity index (χ1n) is 7.47. The maximum absolute atomic E-state index is 11.8. The van der Waals surface area contributed by atoms with Gasteiger partial charge in [0.25, 0.3) is 0 Å². The van der Waals surface area contributed by atoms with Crippen molar-refractivity contribution >= 4 is 6.09 Å². The highest BCUT2D eigenvalue weighted by Crippen LogP contribution is 2.21. The number of imidazole rings is 1. The topological polar surface area (TPSA) is 56.1 Å². The molecule has 1 amide bonds. The monoisotopic (exact) mass is 295 g/mol. The molecule has 5 heteroatoms. The van der Waals surface area contributed by atoms with Crippen LogP contribution in [0.2, 0.25) is 0 Å². The van der Waals surface area contributed by atoms with Gasteiger partial charge in [0.15, 0.2) is 0 Å². The Morgan fingerprint density at radius 3 is 2.48 bits per heavy atom. The fraction of sp³-hybridized carbons (Fsp3) is 0.750. The summed E-state index contributed by atoms with van der Waals surface area (Å²) >= 11 is 0. The maximum atomic E-state index is 11.8. The number of carbonyl (C=O) groups is 1. The van der Waals surface area contributed by atoms with Crippen molar-refractivity contribution in [3.63, 3.8) is 0 Å². The summed E-state index contributed by atoms with van der Waals surface area (Å²) in [6, 6.07) is -0.137. The number of hydrogen-bond acceptors (Lipinski definition) is 3. The number of aromatic nitrogens is 2. The van der Waals surface area contributed by atoms with Crippen molar-refractivity contribution in [3.8, 4) is 0 Å². The van der Waals surface area contributed by atoms with Gasteiger partial charge in [-0.25, -0.2) is 9.78 Å². The molecule has 0 aliphatic rings. The van der Waals surface area contributed by atoms with Crippen molar-refractivity contribution in [2.45, 2.75) is 73.1 Å². The maximum Gasteiger partial charge on any atom is 0.408 e. The molecule has 0 aliphatic carbocycles. The Kier molecular flexibility index (Phi) is 5.42. The van der Waals surface area contributed by atoms with E-state index in [1.54, 1.807) is 6.20 Å². The van der Waals surface area contributed by atoms with Gasteiger partial charge in [-0.05, 0) is 39.5 Å². The van der Waals surface area contributed by atoms with Crippen molar-refractivity contribution in [1.82, 2.24) is 14.9 Å². The molecule has 1 aromatic heterocycles. The number of alkyl carbamates (subject to hydrolysis) is 1. The van der Waals surface area contributed by atoms with E-state index in [0.717, 1.165) is 18.7 Å². The summed E-state index contributed by atoms with van der Waals surface area (Å²) in [5.41, 5.74) is 0.768. The van der Waals surface area contributed by atoms with Gasteiger partial charge < -0.3 is 14.6 Å².